The van der Waals surface area contributed by atoms with Crippen molar-refractivity contribution in [3.05, 3.63) is 16.6 Å². The number of hydrogen-bond donors (Lipinski definition) is 0. The van der Waals surface area contributed by atoms with Crippen molar-refractivity contribution in [1.82, 2.24) is 4.98 Å². The molecule has 0 fully saturated rings. The Hall–Kier alpha value is -1.11. The van der Waals surface area contributed by atoms with E-state index in [0.717, 1.165) is 0 Å². The number of hydrogen-bond acceptors (Lipinski definition) is 6. The number of nitrogens with zero attached hydrogens (tertiary/aromatic N) is 1. The first-order valence-corrected chi connectivity index (χ1v) is 5.13. The molecule has 0 aliphatic rings. The minimum absolute atomic E-state index is 0.254. The van der Waals surface area contributed by atoms with Gasteiger partial charge in [-0.1, -0.05) is 0 Å². The fraction of sp³-hybridized carbons (Fsp3) is 0.444. The summed E-state index contributed by atoms with van der Waals surface area (Å²) in [5, 5.41) is 1.60. The quantitative estimate of drug-likeness (QED) is 0.412. The van der Waals surface area contributed by atoms with Gasteiger partial charge in [0.25, 0.3) is 0 Å². The van der Waals surface area contributed by atoms with E-state index in [2.05, 4.69) is 4.98 Å². The number of ketones is 2. The molecule has 0 amide bonds. The fourth-order valence-electron chi connectivity index (χ4n) is 1.04. The summed E-state index contributed by atoms with van der Waals surface area (Å²) in [5.41, 5.74) is 1.85. The molecule has 1 rings (SSSR count). The normalized spacial score (nSPS) is 10.6. The number of aromatic nitrogens is 1. The van der Waals surface area contributed by atoms with E-state index in [-0.39, 0.29) is 12.2 Å². The van der Waals surface area contributed by atoms with Gasteiger partial charge in [0.15, 0.2) is 11.6 Å². The molecule has 1 aromatic rings. The van der Waals surface area contributed by atoms with E-state index in [0.29, 0.717) is 5.69 Å². The van der Waals surface area contributed by atoms with Crippen LogP contribution < -0.4 is 0 Å². The molecule has 1 aromatic heterocycles. The van der Waals surface area contributed by atoms with Gasteiger partial charge in [0.1, 0.15) is 5.69 Å². The molecule has 0 spiro atoms. The van der Waals surface area contributed by atoms with Gasteiger partial charge >= 0.3 is 0 Å². The van der Waals surface area contributed by atoms with Crippen LogP contribution in [0.1, 0.15) is 16.9 Å². The van der Waals surface area contributed by atoms with Crippen molar-refractivity contribution in [2.45, 2.75) is 12.7 Å². The van der Waals surface area contributed by atoms with E-state index in [1.54, 1.807) is 10.9 Å². The molecule has 6 heteroatoms. The van der Waals surface area contributed by atoms with Gasteiger partial charge in [-0.15, -0.1) is 11.3 Å². The average molecular weight is 229 g/mol. The van der Waals surface area contributed by atoms with Crippen molar-refractivity contribution in [2.75, 3.05) is 14.2 Å². The molecule has 15 heavy (non-hydrogen) atoms. The lowest BCUT2D eigenvalue weighted by Crippen LogP contribution is -2.27. The monoisotopic (exact) mass is 229 g/mol. The highest BCUT2D eigenvalue weighted by molar-refractivity contribution is 7.07. The van der Waals surface area contributed by atoms with Crippen LogP contribution in [-0.2, 0) is 14.3 Å². The molecule has 0 N–H and O–H groups in total. The molecule has 82 valence electrons. The van der Waals surface area contributed by atoms with Gasteiger partial charge in [-0.05, 0) is 0 Å². The zero-order valence-corrected chi connectivity index (χ0v) is 9.24. The third-order valence-electron chi connectivity index (χ3n) is 1.74. The standard InChI is InChI=1S/C9H11NO4S/c1-13-9(14-2)8(12)3-7(11)6-4-15-5-10-6/h4-5,9H,3H2,1-2H3. The Morgan fingerprint density at radius 1 is 1.47 bits per heavy atom. The Kier molecular flexibility index (Phi) is 4.54. The van der Waals surface area contributed by atoms with Gasteiger partial charge in [-0.3, -0.25) is 9.59 Å². The van der Waals surface area contributed by atoms with Crippen molar-refractivity contribution in [1.29, 1.82) is 0 Å². The summed E-state index contributed by atoms with van der Waals surface area (Å²) in [6.45, 7) is 0. The maximum Gasteiger partial charge on any atom is 0.217 e. The van der Waals surface area contributed by atoms with Crippen molar-refractivity contribution in [3.63, 3.8) is 0 Å². The number of ether oxygens (including phenoxy) is 2. The molecular formula is C9H11NO4S. The van der Waals surface area contributed by atoms with Crippen LogP contribution in [0.2, 0.25) is 0 Å². The minimum Gasteiger partial charge on any atom is -0.349 e. The van der Waals surface area contributed by atoms with Crippen LogP contribution >= 0.6 is 11.3 Å². The van der Waals surface area contributed by atoms with Gasteiger partial charge in [-0.2, -0.15) is 0 Å². The lowest BCUT2D eigenvalue weighted by atomic mass is 10.1. The number of rotatable bonds is 6. The van der Waals surface area contributed by atoms with E-state index in [1.807, 2.05) is 0 Å². The van der Waals surface area contributed by atoms with Crippen LogP contribution in [0.4, 0.5) is 0 Å². The highest BCUT2D eigenvalue weighted by Gasteiger charge is 2.21. The Balaban J connectivity index is 2.55. The van der Waals surface area contributed by atoms with Crippen LogP contribution in [0.5, 0.6) is 0 Å². The highest BCUT2D eigenvalue weighted by atomic mass is 32.1. The molecule has 0 bridgehead atoms. The summed E-state index contributed by atoms with van der Waals surface area (Å²) in [5.74, 6) is -0.724. The maximum absolute atomic E-state index is 11.5. The predicted octanol–water partition coefficient (Wildman–Crippen LogP) is 0.904. The first-order valence-electron chi connectivity index (χ1n) is 4.18. The van der Waals surface area contributed by atoms with E-state index < -0.39 is 12.1 Å². The summed E-state index contributed by atoms with van der Waals surface area (Å²) in [7, 11) is 2.69. The van der Waals surface area contributed by atoms with Crippen LogP contribution in [0, 0.1) is 0 Å². The van der Waals surface area contributed by atoms with E-state index in [9.17, 15) is 9.59 Å². The Bertz CT molecular complexity index is 332. The lowest BCUT2D eigenvalue weighted by Gasteiger charge is -2.10. The molecule has 0 saturated carbocycles. The average Bonchev–Trinajstić information content (AvgIpc) is 2.72. The molecule has 0 saturated heterocycles. The molecule has 0 aliphatic carbocycles. The topological polar surface area (TPSA) is 65.5 Å². The SMILES string of the molecule is COC(OC)C(=O)CC(=O)c1cscn1. The molecule has 0 radical (unpaired) electrons. The summed E-state index contributed by atoms with van der Waals surface area (Å²) >= 11 is 1.31. The Morgan fingerprint density at radius 2 is 2.13 bits per heavy atom. The van der Waals surface area contributed by atoms with E-state index in [1.165, 1.54) is 25.6 Å². The molecule has 0 atom stereocenters. The van der Waals surface area contributed by atoms with Crippen LogP contribution in [-0.4, -0.2) is 37.1 Å². The van der Waals surface area contributed by atoms with Crippen molar-refractivity contribution in [3.8, 4) is 0 Å². The predicted molar refractivity (Wildman–Crippen MR) is 53.9 cm³/mol. The minimum atomic E-state index is -0.979. The number of thiazole rings is 1. The van der Waals surface area contributed by atoms with Gasteiger partial charge in [-0.25, -0.2) is 4.98 Å². The Morgan fingerprint density at radius 3 is 2.60 bits per heavy atom. The summed E-state index contributed by atoms with van der Waals surface area (Å²) < 4.78 is 9.48. The third kappa shape index (κ3) is 3.19. The molecule has 0 unspecified atom stereocenters. The van der Waals surface area contributed by atoms with Crippen molar-refractivity contribution in [2.24, 2.45) is 0 Å². The summed E-state index contributed by atoms with van der Waals surface area (Å²) in [6, 6.07) is 0. The van der Waals surface area contributed by atoms with Crippen molar-refractivity contribution < 1.29 is 19.1 Å². The lowest BCUT2D eigenvalue weighted by molar-refractivity contribution is -0.155. The summed E-state index contributed by atoms with van der Waals surface area (Å²) in [6.07, 6.45) is -1.23. The molecule has 0 aromatic carbocycles. The number of carbonyl (C=O) groups is 2. The molecular weight excluding hydrogens is 218 g/mol. The second-order valence-electron chi connectivity index (χ2n) is 2.74. The fourth-order valence-corrected chi connectivity index (χ4v) is 1.60. The Labute approximate surface area is 91.0 Å². The zero-order chi connectivity index (χ0) is 11.3. The van der Waals surface area contributed by atoms with Crippen LogP contribution in [0.3, 0.4) is 0 Å². The third-order valence-corrected chi connectivity index (χ3v) is 2.33. The van der Waals surface area contributed by atoms with Gasteiger partial charge in [0.05, 0.1) is 11.9 Å². The zero-order valence-electron chi connectivity index (χ0n) is 8.43. The second kappa shape index (κ2) is 5.69. The number of methoxy groups -OCH3 is 2. The van der Waals surface area contributed by atoms with Gasteiger partial charge in [0.2, 0.25) is 6.29 Å². The molecule has 0 aliphatic heterocycles. The number of Topliss-reactive ketones (excluding diaryl/α,β-unsaturated/α-hetero) is 2. The van der Waals surface area contributed by atoms with E-state index >= 15 is 0 Å². The van der Waals surface area contributed by atoms with E-state index in [4.69, 9.17) is 9.47 Å². The molecule has 1 heterocycles. The first kappa shape index (κ1) is 12.0. The van der Waals surface area contributed by atoms with Gasteiger partial charge in [0, 0.05) is 19.6 Å². The largest absolute Gasteiger partial charge is 0.349 e. The smallest absolute Gasteiger partial charge is 0.217 e. The number of carbonyl (C=O) groups excluding carboxylic acids is 2. The highest BCUT2D eigenvalue weighted by Crippen LogP contribution is 2.07. The summed E-state index contributed by atoms with van der Waals surface area (Å²) in [4.78, 5) is 26.7. The van der Waals surface area contributed by atoms with Gasteiger partial charge < -0.3 is 9.47 Å². The van der Waals surface area contributed by atoms with Crippen LogP contribution in [0.15, 0.2) is 10.9 Å². The first-order chi connectivity index (χ1) is 7.19. The second-order valence-corrected chi connectivity index (χ2v) is 3.46. The van der Waals surface area contributed by atoms with Crippen LogP contribution in [0.25, 0.3) is 0 Å². The van der Waals surface area contributed by atoms with Crippen molar-refractivity contribution >= 4 is 22.9 Å². The molecule has 5 nitrogen and oxygen atoms in total. The maximum atomic E-state index is 11.5.